The monoisotopic (exact) mass is 400 g/mol. The van der Waals surface area contributed by atoms with E-state index in [0.717, 1.165) is 4.57 Å². The van der Waals surface area contributed by atoms with Crippen LogP contribution < -0.4 is 26.1 Å². The maximum Gasteiger partial charge on any atom is 0.332 e. The molecule has 11 heteroatoms. The number of hydrazone groups is 1. The zero-order valence-electron chi connectivity index (χ0n) is 16.4. The van der Waals surface area contributed by atoms with Crippen molar-refractivity contribution in [2.24, 2.45) is 19.2 Å². The van der Waals surface area contributed by atoms with Crippen LogP contribution in [-0.4, -0.2) is 45.0 Å². The third kappa shape index (κ3) is 3.61. The Labute approximate surface area is 164 Å². The van der Waals surface area contributed by atoms with Crippen LogP contribution in [0.15, 0.2) is 39.2 Å². The number of nitrogens with one attached hydrogen (secondary N) is 1. The van der Waals surface area contributed by atoms with Gasteiger partial charge in [0.15, 0.2) is 22.7 Å². The van der Waals surface area contributed by atoms with Gasteiger partial charge in [-0.2, -0.15) is 5.10 Å². The second kappa shape index (κ2) is 8.00. The first-order valence-corrected chi connectivity index (χ1v) is 8.52. The summed E-state index contributed by atoms with van der Waals surface area (Å²) < 4.78 is 14.1. The van der Waals surface area contributed by atoms with Crippen LogP contribution in [0, 0.1) is 0 Å². The smallest absolute Gasteiger partial charge is 0.332 e. The average Bonchev–Trinajstić information content (AvgIpc) is 3.13. The minimum Gasteiger partial charge on any atom is -0.493 e. The molecule has 1 amide bonds. The van der Waals surface area contributed by atoms with E-state index in [1.54, 1.807) is 18.2 Å². The van der Waals surface area contributed by atoms with E-state index in [1.165, 1.54) is 50.0 Å². The number of methoxy groups -OCH3 is 2. The largest absolute Gasteiger partial charge is 0.493 e. The number of hydrogen-bond donors (Lipinski definition) is 1. The zero-order valence-corrected chi connectivity index (χ0v) is 16.4. The highest BCUT2D eigenvalue weighted by Gasteiger charge is 2.15. The molecule has 3 rings (SSSR count). The van der Waals surface area contributed by atoms with Gasteiger partial charge in [0.05, 0.1) is 26.8 Å². The summed E-state index contributed by atoms with van der Waals surface area (Å²) in [5.74, 6) is 0.547. The van der Waals surface area contributed by atoms with Gasteiger partial charge in [-0.1, -0.05) is 6.07 Å². The second-order valence-electron chi connectivity index (χ2n) is 6.13. The summed E-state index contributed by atoms with van der Waals surface area (Å²) in [5, 5.41) is 3.93. The van der Waals surface area contributed by atoms with Crippen molar-refractivity contribution in [2.45, 2.75) is 6.54 Å². The Balaban J connectivity index is 1.80. The van der Waals surface area contributed by atoms with Crippen LogP contribution in [0.5, 0.6) is 11.5 Å². The lowest BCUT2D eigenvalue weighted by Gasteiger charge is -2.09. The van der Waals surface area contributed by atoms with Crippen molar-refractivity contribution < 1.29 is 14.3 Å². The van der Waals surface area contributed by atoms with E-state index >= 15 is 0 Å². The van der Waals surface area contributed by atoms with Crippen LogP contribution >= 0.6 is 0 Å². The number of ether oxygens (including phenoxy) is 2. The standard InChI is InChI=1S/C18H20N6O5/c1-22-16-14(17(26)23(2)18(22)27)24(10-19-16)9-13(25)21-20-8-11-6-5-7-12(28-3)15(11)29-4/h5-8,10H,9H2,1-4H3,(H,21,25)/b20-8-. The lowest BCUT2D eigenvalue weighted by molar-refractivity contribution is -0.121. The molecule has 2 aromatic heterocycles. The SMILES string of the molecule is COc1cccc(/C=N\NC(=O)Cn2cnc3c2c(=O)n(C)c(=O)n3C)c1OC. The van der Waals surface area contributed by atoms with Crippen LogP contribution in [0.25, 0.3) is 11.2 Å². The number of carbonyl (C=O) groups is 1. The third-order valence-electron chi connectivity index (χ3n) is 4.36. The Morgan fingerprint density at radius 2 is 1.97 bits per heavy atom. The predicted octanol–water partition coefficient (Wildman–Crippen LogP) is -0.399. The fraction of sp³-hybridized carbons (Fsp3) is 0.278. The van der Waals surface area contributed by atoms with Crippen molar-refractivity contribution in [2.75, 3.05) is 14.2 Å². The number of amides is 1. The van der Waals surface area contributed by atoms with E-state index < -0.39 is 17.2 Å². The highest BCUT2D eigenvalue weighted by molar-refractivity contribution is 5.86. The molecular formula is C18H20N6O5. The Morgan fingerprint density at radius 3 is 2.66 bits per heavy atom. The molecule has 1 aromatic carbocycles. The maximum absolute atomic E-state index is 12.4. The Kier molecular flexibility index (Phi) is 5.48. The number of imidazole rings is 1. The Morgan fingerprint density at radius 1 is 1.21 bits per heavy atom. The highest BCUT2D eigenvalue weighted by Crippen LogP contribution is 2.29. The van der Waals surface area contributed by atoms with Crippen LogP contribution in [0.2, 0.25) is 0 Å². The first kappa shape index (κ1) is 19.9. The van der Waals surface area contributed by atoms with E-state index in [4.69, 9.17) is 9.47 Å². The summed E-state index contributed by atoms with van der Waals surface area (Å²) in [6, 6.07) is 5.26. The fourth-order valence-electron chi connectivity index (χ4n) is 2.89. The molecule has 0 atom stereocenters. The molecule has 0 fully saturated rings. The van der Waals surface area contributed by atoms with Gasteiger partial charge in [-0.3, -0.25) is 18.7 Å². The van der Waals surface area contributed by atoms with Gasteiger partial charge < -0.3 is 14.0 Å². The number of para-hydroxylation sites is 1. The maximum atomic E-state index is 12.4. The van der Waals surface area contributed by atoms with Gasteiger partial charge in [-0.25, -0.2) is 15.2 Å². The number of fused-ring (bicyclic) bond motifs is 1. The van der Waals surface area contributed by atoms with Crippen LogP contribution in [0.3, 0.4) is 0 Å². The lowest BCUT2D eigenvalue weighted by atomic mass is 10.2. The number of rotatable bonds is 6. The summed E-state index contributed by atoms with van der Waals surface area (Å²) in [5.41, 5.74) is 2.34. The molecule has 0 saturated carbocycles. The molecule has 29 heavy (non-hydrogen) atoms. The molecule has 0 aliphatic carbocycles. The van der Waals surface area contributed by atoms with Crippen molar-refractivity contribution in [3.63, 3.8) is 0 Å². The van der Waals surface area contributed by atoms with E-state index in [-0.39, 0.29) is 17.7 Å². The molecule has 0 saturated heterocycles. The third-order valence-corrected chi connectivity index (χ3v) is 4.36. The predicted molar refractivity (Wildman–Crippen MR) is 105 cm³/mol. The molecule has 0 bridgehead atoms. The summed E-state index contributed by atoms with van der Waals surface area (Å²) in [4.78, 5) is 40.7. The molecule has 2 heterocycles. The number of carbonyl (C=O) groups excluding carboxylic acids is 1. The Hall–Kier alpha value is -3.89. The van der Waals surface area contributed by atoms with Crippen molar-refractivity contribution >= 4 is 23.3 Å². The molecule has 0 aliphatic rings. The molecular weight excluding hydrogens is 380 g/mol. The number of nitrogens with zero attached hydrogens (tertiary/aromatic N) is 5. The minimum atomic E-state index is -0.530. The summed E-state index contributed by atoms with van der Waals surface area (Å²) >= 11 is 0. The van der Waals surface area contributed by atoms with Gasteiger partial charge in [-0.05, 0) is 12.1 Å². The van der Waals surface area contributed by atoms with E-state index in [2.05, 4.69) is 15.5 Å². The number of aryl methyl sites for hydroxylation is 1. The van der Waals surface area contributed by atoms with Crippen molar-refractivity contribution in [3.8, 4) is 11.5 Å². The molecule has 0 unspecified atom stereocenters. The minimum absolute atomic E-state index is 0.156. The van der Waals surface area contributed by atoms with E-state index in [1.807, 2.05) is 0 Å². The quantitative estimate of drug-likeness (QED) is 0.444. The fourth-order valence-corrected chi connectivity index (χ4v) is 2.89. The molecule has 1 N–H and O–H groups in total. The molecule has 3 aromatic rings. The topological polar surface area (TPSA) is 122 Å². The second-order valence-corrected chi connectivity index (χ2v) is 6.13. The van der Waals surface area contributed by atoms with Gasteiger partial charge in [0, 0.05) is 19.7 Å². The first-order valence-electron chi connectivity index (χ1n) is 8.52. The van der Waals surface area contributed by atoms with E-state index in [9.17, 15) is 14.4 Å². The summed E-state index contributed by atoms with van der Waals surface area (Å²) in [7, 11) is 5.91. The van der Waals surface area contributed by atoms with Gasteiger partial charge in [-0.15, -0.1) is 0 Å². The van der Waals surface area contributed by atoms with E-state index in [0.29, 0.717) is 17.1 Å². The van der Waals surface area contributed by atoms with Crippen molar-refractivity contribution in [1.82, 2.24) is 24.1 Å². The zero-order chi connectivity index (χ0) is 21.1. The first-order chi connectivity index (χ1) is 13.9. The summed E-state index contributed by atoms with van der Waals surface area (Å²) in [6.45, 7) is -0.198. The van der Waals surface area contributed by atoms with Crippen LogP contribution in [0.1, 0.15) is 5.56 Å². The average molecular weight is 400 g/mol. The molecule has 0 aliphatic heterocycles. The lowest BCUT2D eigenvalue weighted by Crippen LogP contribution is -2.38. The number of benzene rings is 1. The number of hydrogen-bond acceptors (Lipinski definition) is 7. The van der Waals surface area contributed by atoms with Gasteiger partial charge in [0.1, 0.15) is 6.54 Å². The Bertz CT molecular complexity index is 1220. The highest BCUT2D eigenvalue weighted by atomic mass is 16.5. The molecule has 0 radical (unpaired) electrons. The normalized spacial score (nSPS) is 11.2. The van der Waals surface area contributed by atoms with Crippen molar-refractivity contribution in [3.05, 3.63) is 50.9 Å². The molecule has 152 valence electrons. The van der Waals surface area contributed by atoms with Gasteiger partial charge in [0.2, 0.25) is 0 Å². The molecule has 0 spiro atoms. The van der Waals surface area contributed by atoms with Crippen LogP contribution in [-0.2, 0) is 25.4 Å². The van der Waals surface area contributed by atoms with Crippen LogP contribution in [0.4, 0.5) is 0 Å². The summed E-state index contributed by atoms with van der Waals surface area (Å²) in [6.07, 6.45) is 2.76. The molecule has 11 nitrogen and oxygen atoms in total. The van der Waals surface area contributed by atoms with Crippen molar-refractivity contribution in [1.29, 1.82) is 0 Å². The number of aromatic nitrogens is 4. The van der Waals surface area contributed by atoms with Gasteiger partial charge in [0.25, 0.3) is 11.5 Å². The van der Waals surface area contributed by atoms with Gasteiger partial charge >= 0.3 is 5.69 Å².